The van der Waals surface area contributed by atoms with Crippen LogP contribution in [-0.2, 0) is 30.5 Å². The van der Waals surface area contributed by atoms with E-state index in [4.69, 9.17) is 0 Å². The van der Waals surface area contributed by atoms with Gasteiger partial charge in [-0.25, -0.2) is 0 Å². The molecule has 7 heteroatoms. The number of benzene rings is 2. The average molecular weight is 462 g/mol. The summed E-state index contributed by atoms with van der Waals surface area (Å²) in [5, 5.41) is 3.28. The van der Waals surface area contributed by atoms with E-state index >= 15 is 0 Å². The van der Waals surface area contributed by atoms with Crippen molar-refractivity contribution in [3.05, 3.63) is 64.7 Å². The lowest BCUT2D eigenvalue weighted by Crippen LogP contribution is -2.37. The summed E-state index contributed by atoms with van der Waals surface area (Å²) in [6.45, 7) is 9.45. The maximum absolute atomic E-state index is 13.5. The lowest BCUT2D eigenvalue weighted by atomic mass is 9.98. The van der Waals surface area contributed by atoms with Gasteiger partial charge in [-0.1, -0.05) is 51.1 Å². The molecule has 4 nitrogen and oxygen atoms in total. The Morgan fingerprint density at radius 2 is 1.91 bits per heavy atom. The van der Waals surface area contributed by atoms with Crippen molar-refractivity contribution in [2.45, 2.75) is 52.9 Å². The SMILES string of the molecule is CCN1CCc2cccc(NCC(=O)N(CCC(C)C)Cc3ccccc3C(F)(F)F)c2C1. The molecule has 0 spiro atoms. The summed E-state index contributed by atoms with van der Waals surface area (Å²) in [5.74, 6) is 0.140. The quantitative estimate of drug-likeness (QED) is 0.530. The number of halogens is 3. The van der Waals surface area contributed by atoms with Crippen LogP contribution in [0.4, 0.5) is 18.9 Å². The minimum Gasteiger partial charge on any atom is -0.376 e. The number of carbonyl (C=O) groups is 1. The van der Waals surface area contributed by atoms with Gasteiger partial charge in [-0.3, -0.25) is 9.69 Å². The Kier molecular flexibility index (Phi) is 8.40. The van der Waals surface area contributed by atoms with E-state index in [1.807, 2.05) is 26.0 Å². The van der Waals surface area contributed by atoms with Crippen LogP contribution >= 0.6 is 0 Å². The van der Waals surface area contributed by atoms with E-state index in [0.717, 1.165) is 44.2 Å². The molecule has 0 atom stereocenters. The Labute approximate surface area is 194 Å². The second-order valence-electron chi connectivity index (χ2n) is 9.07. The van der Waals surface area contributed by atoms with Gasteiger partial charge in [0.2, 0.25) is 5.91 Å². The molecule has 0 saturated carbocycles. The highest BCUT2D eigenvalue weighted by molar-refractivity contribution is 5.81. The van der Waals surface area contributed by atoms with Crippen LogP contribution in [0, 0.1) is 5.92 Å². The van der Waals surface area contributed by atoms with Gasteiger partial charge in [0.1, 0.15) is 0 Å². The minimum atomic E-state index is -4.45. The lowest BCUT2D eigenvalue weighted by molar-refractivity contribution is -0.139. The summed E-state index contributed by atoms with van der Waals surface area (Å²) in [4.78, 5) is 17.1. The van der Waals surface area contributed by atoms with Crippen LogP contribution in [0.1, 0.15) is 49.4 Å². The molecule has 1 aliphatic heterocycles. The van der Waals surface area contributed by atoms with Gasteiger partial charge in [0.25, 0.3) is 0 Å². The number of anilines is 1. The molecule has 1 aliphatic rings. The van der Waals surface area contributed by atoms with Crippen molar-refractivity contribution in [2.24, 2.45) is 5.92 Å². The summed E-state index contributed by atoms with van der Waals surface area (Å²) in [6, 6.07) is 11.6. The van der Waals surface area contributed by atoms with Crippen molar-refractivity contribution in [1.82, 2.24) is 9.80 Å². The molecule has 1 N–H and O–H groups in total. The van der Waals surface area contributed by atoms with Crippen LogP contribution in [0.2, 0.25) is 0 Å². The van der Waals surface area contributed by atoms with Crippen LogP contribution in [0.5, 0.6) is 0 Å². The smallest absolute Gasteiger partial charge is 0.376 e. The first-order chi connectivity index (χ1) is 15.7. The Morgan fingerprint density at radius 1 is 1.15 bits per heavy atom. The van der Waals surface area contributed by atoms with Crippen molar-refractivity contribution in [3.63, 3.8) is 0 Å². The Morgan fingerprint density at radius 3 is 2.61 bits per heavy atom. The molecule has 0 aromatic heterocycles. The maximum atomic E-state index is 13.5. The van der Waals surface area contributed by atoms with Crippen LogP contribution in [-0.4, -0.2) is 41.9 Å². The van der Waals surface area contributed by atoms with Crippen LogP contribution in [0.25, 0.3) is 0 Å². The van der Waals surface area contributed by atoms with Gasteiger partial charge in [-0.05, 0) is 54.1 Å². The molecule has 180 valence electrons. The molecule has 0 bridgehead atoms. The monoisotopic (exact) mass is 461 g/mol. The summed E-state index contributed by atoms with van der Waals surface area (Å²) >= 11 is 0. The van der Waals surface area contributed by atoms with E-state index in [1.54, 1.807) is 11.0 Å². The third kappa shape index (κ3) is 6.73. The summed E-state index contributed by atoms with van der Waals surface area (Å²) in [6.07, 6.45) is -2.75. The van der Waals surface area contributed by atoms with Crippen LogP contribution < -0.4 is 5.32 Å². The zero-order chi connectivity index (χ0) is 24.0. The number of hydrogen-bond acceptors (Lipinski definition) is 3. The predicted molar refractivity (Wildman–Crippen MR) is 126 cm³/mol. The third-order valence-electron chi connectivity index (χ3n) is 6.24. The molecule has 0 aliphatic carbocycles. The average Bonchev–Trinajstić information content (AvgIpc) is 2.79. The number of carbonyl (C=O) groups excluding carboxylic acids is 1. The molecule has 1 heterocycles. The minimum absolute atomic E-state index is 0.0505. The molecule has 2 aromatic rings. The number of alkyl halides is 3. The molecule has 2 aromatic carbocycles. The molecular weight excluding hydrogens is 427 g/mol. The number of nitrogens with zero attached hydrogens (tertiary/aromatic N) is 2. The van der Waals surface area contributed by atoms with E-state index in [1.165, 1.54) is 23.3 Å². The van der Waals surface area contributed by atoms with Crippen molar-refractivity contribution >= 4 is 11.6 Å². The molecule has 0 unspecified atom stereocenters. The highest BCUT2D eigenvalue weighted by Gasteiger charge is 2.33. The molecule has 33 heavy (non-hydrogen) atoms. The predicted octanol–water partition coefficient (Wildman–Crippen LogP) is 5.57. The topological polar surface area (TPSA) is 35.6 Å². The van der Waals surface area contributed by atoms with Gasteiger partial charge in [-0.2, -0.15) is 13.2 Å². The highest BCUT2D eigenvalue weighted by atomic mass is 19.4. The first-order valence-electron chi connectivity index (χ1n) is 11.7. The van der Waals surface area contributed by atoms with Gasteiger partial charge >= 0.3 is 6.18 Å². The van der Waals surface area contributed by atoms with Crippen molar-refractivity contribution in [2.75, 3.05) is 31.5 Å². The van der Waals surface area contributed by atoms with Crippen LogP contribution in [0.3, 0.4) is 0 Å². The van der Waals surface area contributed by atoms with E-state index in [2.05, 4.69) is 23.2 Å². The van der Waals surface area contributed by atoms with E-state index in [0.29, 0.717) is 12.5 Å². The highest BCUT2D eigenvalue weighted by Crippen LogP contribution is 2.32. The molecule has 0 fully saturated rings. The largest absolute Gasteiger partial charge is 0.416 e. The molecule has 1 amide bonds. The van der Waals surface area contributed by atoms with E-state index in [-0.39, 0.29) is 24.6 Å². The first kappa shape index (κ1) is 25.1. The lowest BCUT2D eigenvalue weighted by Gasteiger charge is -2.30. The zero-order valence-electron chi connectivity index (χ0n) is 19.7. The maximum Gasteiger partial charge on any atom is 0.416 e. The second-order valence-corrected chi connectivity index (χ2v) is 9.07. The van der Waals surface area contributed by atoms with Gasteiger partial charge in [0, 0.05) is 31.9 Å². The Bertz CT molecular complexity index is 943. The van der Waals surface area contributed by atoms with Gasteiger partial charge in [0.05, 0.1) is 12.1 Å². The first-order valence-corrected chi connectivity index (χ1v) is 11.7. The number of nitrogens with one attached hydrogen (secondary N) is 1. The van der Waals surface area contributed by atoms with Crippen molar-refractivity contribution < 1.29 is 18.0 Å². The Hall–Kier alpha value is -2.54. The number of likely N-dealkylation sites (N-methyl/N-ethyl adjacent to an activating group) is 1. The molecule has 0 radical (unpaired) electrons. The van der Waals surface area contributed by atoms with Crippen molar-refractivity contribution in [1.29, 1.82) is 0 Å². The zero-order valence-corrected chi connectivity index (χ0v) is 19.7. The summed E-state index contributed by atoms with van der Waals surface area (Å²) < 4.78 is 40.5. The number of fused-ring (bicyclic) bond motifs is 1. The molecular formula is C26H34F3N3O. The molecule has 0 saturated heterocycles. The van der Waals surface area contributed by atoms with Gasteiger partial charge in [0.15, 0.2) is 0 Å². The standard InChI is InChI=1S/C26H34F3N3O/c1-4-31-14-13-20-9-7-11-24(22(20)18-31)30-16-25(33)32(15-12-19(2)3)17-21-8-5-6-10-23(21)26(27,28)29/h5-11,19,30H,4,12-18H2,1-3H3. The third-order valence-corrected chi connectivity index (χ3v) is 6.24. The van der Waals surface area contributed by atoms with E-state index < -0.39 is 11.7 Å². The van der Waals surface area contributed by atoms with Crippen LogP contribution in [0.15, 0.2) is 42.5 Å². The molecule has 3 rings (SSSR count). The van der Waals surface area contributed by atoms with Gasteiger partial charge in [-0.15, -0.1) is 0 Å². The Balaban J connectivity index is 1.75. The normalized spacial score (nSPS) is 14.3. The van der Waals surface area contributed by atoms with Crippen molar-refractivity contribution in [3.8, 4) is 0 Å². The number of rotatable bonds is 9. The fourth-order valence-electron chi connectivity index (χ4n) is 4.20. The van der Waals surface area contributed by atoms with E-state index in [9.17, 15) is 18.0 Å². The summed E-state index contributed by atoms with van der Waals surface area (Å²) in [7, 11) is 0. The fraction of sp³-hybridized carbons (Fsp3) is 0.500. The number of amides is 1. The second kappa shape index (κ2) is 11.1. The van der Waals surface area contributed by atoms with Gasteiger partial charge < -0.3 is 10.2 Å². The number of hydrogen-bond donors (Lipinski definition) is 1. The fourth-order valence-corrected chi connectivity index (χ4v) is 4.20. The summed E-state index contributed by atoms with van der Waals surface area (Å²) in [5.41, 5.74) is 2.86.